The van der Waals surface area contributed by atoms with Gasteiger partial charge in [0, 0.05) is 40.3 Å². The van der Waals surface area contributed by atoms with E-state index >= 15 is 0 Å². The van der Waals surface area contributed by atoms with Gasteiger partial charge in [0.1, 0.15) is 0 Å². The van der Waals surface area contributed by atoms with Crippen molar-refractivity contribution in [3.63, 3.8) is 0 Å². The molecule has 2 fully saturated rings. The fourth-order valence-corrected chi connectivity index (χ4v) is 3.36. The van der Waals surface area contributed by atoms with Crippen molar-refractivity contribution in [1.29, 1.82) is 0 Å². The first-order valence-corrected chi connectivity index (χ1v) is 6.74. The maximum absolute atomic E-state index is 11.8. The predicted molar refractivity (Wildman–Crippen MR) is 58.7 cm³/mol. The number of nitrogens with one attached hydrogen (secondary N) is 1. The minimum Gasteiger partial charge on any atom is -0.316 e. The Bertz CT molecular complexity index is 325. The van der Waals surface area contributed by atoms with Crippen molar-refractivity contribution in [3.05, 3.63) is 0 Å². The highest BCUT2D eigenvalue weighted by atomic mass is 32.2. The molecule has 2 rings (SSSR count). The van der Waals surface area contributed by atoms with Crippen LogP contribution in [0, 0.1) is 5.41 Å². The second-order valence-corrected chi connectivity index (χ2v) is 6.94. The van der Waals surface area contributed by atoms with E-state index in [0.717, 1.165) is 25.9 Å². The monoisotopic (exact) mass is 233 g/mol. The third-order valence-electron chi connectivity index (χ3n) is 3.57. The van der Waals surface area contributed by atoms with Gasteiger partial charge in [-0.3, -0.25) is 0 Å². The van der Waals surface area contributed by atoms with Crippen LogP contribution < -0.4 is 5.32 Å². The Morgan fingerprint density at radius 2 is 1.73 bits per heavy atom. The van der Waals surface area contributed by atoms with E-state index in [1.165, 1.54) is 4.31 Å². The lowest BCUT2D eigenvalue weighted by molar-refractivity contribution is 0.0853. The predicted octanol–water partition coefficient (Wildman–Crippen LogP) is -0.522. The van der Waals surface area contributed by atoms with Crippen molar-refractivity contribution in [3.8, 4) is 0 Å². The molecule has 0 unspecified atom stereocenters. The minimum absolute atomic E-state index is 0.401. The van der Waals surface area contributed by atoms with Gasteiger partial charge in [-0.1, -0.05) is 0 Å². The molecule has 5 nitrogen and oxygen atoms in total. The number of hydrogen-bond acceptors (Lipinski definition) is 3. The standard InChI is InChI=1S/C9H19N3O2S/c1-11(2)15(13,14)12-5-3-9(4-6-12)7-10-8-9/h10H,3-8H2,1-2H3. The fourth-order valence-electron chi connectivity index (χ4n) is 2.25. The van der Waals surface area contributed by atoms with Crippen molar-refractivity contribution in [2.45, 2.75) is 12.8 Å². The van der Waals surface area contributed by atoms with Crippen molar-refractivity contribution >= 4 is 10.2 Å². The smallest absolute Gasteiger partial charge is 0.281 e. The van der Waals surface area contributed by atoms with Crippen molar-refractivity contribution in [1.82, 2.24) is 13.9 Å². The molecule has 88 valence electrons. The first kappa shape index (κ1) is 11.3. The Hall–Kier alpha value is -0.170. The Morgan fingerprint density at radius 3 is 2.07 bits per heavy atom. The summed E-state index contributed by atoms with van der Waals surface area (Å²) in [6, 6.07) is 0. The molecule has 0 aliphatic carbocycles. The average molecular weight is 233 g/mol. The Morgan fingerprint density at radius 1 is 1.20 bits per heavy atom. The zero-order valence-corrected chi connectivity index (χ0v) is 10.2. The molecule has 0 saturated carbocycles. The van der Waals surface area contributed by atoms with Crippen molar-refractivity contribution in [2.24, 2.45) is 5.41 Å². The lowest BCUT2D eigenvalue weighted by Gasteiger charge is -2.48. The molecule has 2 aliphatic heterocycles. The summed E-state index contributed by atoms with van der Waals surface area (Å²) < 4.78 is 26.6. The number of hydrogen-bond donors (Lipinski definition) is 1. The fraction of sp³-hybridized carbons (Fsp3) is 1.00. The number of piperidine rings is 1. The second kappa shape index (κ2) is 3.69. The van der Waals surface area contributed by atoms with Gasteiger partial charge in [0.05, 0.1) is 0 Å². The quantitative estimate of drug-likeness (QED) is 0.698. The molecule has 0 aromatic rings. The minimum atomic E-state index is -3.19. The molecule has 0 radical (unpaired) electrons. The summed E-state index contributed by atoms with van der Waals surface area (Å²) in [5, 5.41) is 3.27. The van der Waals surface area contributed by atoms with E-state index in [1.54, 1.807) is 18.4 Å². The van der Waals surface area contributed by atoms with E-state index in [9.17, 15) is 8.42 Å². The zero-order valence-electron chi connectivity index (χ0n) is 9.36. The van der Waals surface area contributed by atoms with Crippen LogP contribution in [0.25, 0.3) is 0 Å². The third kappa shape index (κ3) is 1.91. The van der Waals surface area contributed by atoms with Gasteiger partial charge >= 0.3 is 0 Å². The molecule has 0 aromatic heterocycles. The zero-order chi connectivity index (χ0) is 11.1. The van der Waals surface area contributed by atoms with Gasteiger partial charge in [-0.15, -0.1) is 0 Å². The molecule has 0 bridgehead atoms. The van der Waals surface area contributed by atoms with Crippen LogP contribution in [-0.2, 0) is 10.2 Å². The van der Waals surface area contributed by atoms with Crippen LogP contribution in [0.3, 0.4) is 0 Å². The largest absolute Gasteiger partial charge is 0.316 e. The van der Waals surface area contributed by atoms with Gasteiger partial charge in [-0.2, -0.15) is 17.0 Å². The molecule has 0 amide bonds. The topological polar surface area (TPSA) is 52.7 Å². The molecular formula is C9H19N3O2S. The van der Waals surface area contributed by atoms with Gasteiger partial charge in [-0.05, 0) is 18.3 Å². The molecule has 2 heterocycles. The van der Waals surface area contributed by atoms with Crippen molar-refractivity contribution in [2.75, 3.05) is 40.3 Å². The summed E-state index contributed by atoms with van der Waals surface area (Å²) in [4.78, 5) is 0. The van der Waals surface area contributed by atoms with Crippen LogP contribution in [0.2, 0.25) is 0 Å². The summed E-state index contributed by atoms with van der Waals surface area (Å²) >= 11 is 0. The highest BCUT2D eigenvalue weighted by Gasteiger charge is 2.42. The van der Waals surface area contributed by atoms with Gasteiger partial charge in [0.15, 0.2) is 0 Å². The Labute approximate surface area is 91.6 Å². The second-order valence-electron chi connectivity index (χ2n) is 4.79. The first-order valence-electron chi connectivity index (χ1n) is 5.35. The van der Waals surface area contributed by atoms with Crippen LogP contribution >= 0.6 is 0 Å². The lowest BCUT2D eigenvalue weighted by atomic mass is 9.74. The number of nitrogens with zero attached hydrogens (tertiary/aromatic N) is 2. The van der Waals surface area contributed by atoms with Crippen LogP contribution in [0.15, 0.2) is 0 Å². The van der Waals surface area contributed by atoms with Crippen LogP contribution in [-0.4, -0.2) is 57.3 Å². The molecule has 1 N–H and O–H groups in total. The summed E-state index contributed by atoms with van der Waals surface area (Å²) in [7, 11) is -0.0122. The maximum Gasteiger partial charge on any atom is 0.281 e. The summed E-state index contributed by atoms with van der Waals surface area (Å²) in [5.41, 5.74) is 0.401. The molecular weight excluding hydrogens is 214 g/mol. The van der Waals surface area contributed by atoms with Gasteiger partial charge < -0.3 is 5.32 Å². The maximum atomic E-state index is 11.8. The van der Waals surface area contributed by atoms with Gasteiger partial charge in [-0.25, -0.2) is 0 Å². The molecule has 2 saturated heterocycles. The van der Waals surface area contributed by atoms with Crippen LogP contribution in [0.5, 0.6) is 0 Å². The number of rotatable bonds is 2. The van der Waals surface area contributed by atoms with E-state index < -0.39 is 10.2 Å². The molecule has 2 aliphatic rings. The van der Waals surface area contributed by atoms with Crippen LogP contribution in [0.1, 0.15) is 12.8 Å². The van der Waals surface area contributed by atoms with Gasteiger partial charge in [0.2, 0.25) is 0 Å². The highest BCUT2D eigenvalue weighted by molar-refractivity contribution is 7.86. The third-order valence-corrected chi connectivity index (χ3v) is 5.51. The van der Waals surface area contributed by atoms with Crippen LogP contribution in [0.4, 0.5) is 0 Å². The normalized spacial score (nSPS) is 26.9. The Kier molecular flexibility index (Phi) is 2.79. The van der Waals surface area contributed by atoms with E-state index in [1.807, 2.05) is 0 Å². The molecule has 0 aromatic carbocycles. The summed E-state index contributed by atoms with van der Waals surface area (Å²) in [5.74, 6) is 0. The highest BCUT2D eigenvalue weighted by Crippen LogP contribution is 2.35. The summed E-state index contributed by atoms with van der Waals surface area (Å²) in [6.45, 7) is 3.45. The summed E-state index contributed by atoms with van der Waals surface area (Å²) in [6.07, 6.45) is 1.99. The van der Waals surface area contributed by atoms with E-state index in [-0.39, 0.29) is 0 Å². The van der Waals surface area contributed by atoms with E-state index in [0.29, 0.717) is 18.5 Å². The average Bonchev–Trinajstić information content (AvgIpc) is 2.15. The van der Waals surface area contributed by atoms with Gasteiger partial charge in [0.25, 0.3) is 10.2 Å². The molecule has 6 heteroatoms. The molecule has 0 atom stereocenters. The van der Waals surface area contributed by atoms with E-state index in [4.69, 9.17) is 0 Å². The SMILES string of the molecule is CN(C)S(=O)(=O)N1CCC2(CC1)CNC2. The lowest BCUT2D eigenvalue weighted by Crippen LogP contribution is -2.59. The molecule has 1 spiro atoms. The molecule has 15 heavy (non-hydrogen) atoms. The van der Waals surface area contributed by atoms with Crippen molar-refractivity contribution < 1.29 is 8.42 Å². The first-order chi connectivity index (χ1) is 6.96. The Balaban J connectivity index is 1.99. The van der Waals surface area contributed by atoms with E-state index in [2.05, 4.69) is 5.32 Å².